The standard InChI is InChI=1S/C23H19FO4/c24-15-6-4-14(5-7-15)10-21-22(26)17-11-16-18(25)13-23(8-2-1-3-9-23)28-20(16)12-19(17)27-21/h4-7,10-12H,1-3,8-9,13H2/b21-10-. The second-order valence-electron chi connectivity index (χ2n) is 7.78. The number of benzene rings is 2. The molecule has 0 unspecified atom stereocenters. The number of fused-ring (bicyclic) bond motifs is 2. The summed E-state index contributed by atoms with van der Waals surface area (Å²) in [6.45, 7) is 0. The van der Waals surface area contributed by atoms with Crippen LogP contribution in [0.3, 0.4) is 0 Å². The van der Waals surface area contributed by atoms with E-state index < -0.39 is 5.60 Å². The Morgan fingerprint density at radius 2 is 1.68 bits per heavy atom. The number of rotatable bonds is 1. The van der Waals surface area contributed by atoms with Crippen LogP contribution in [0.15, 0.2) is 42.2 Å². The molecule has 1 aliphatic carbocycles. The number of halogens is 1. The highest BCUT2D eigenvalue weighted by Crippen LogP contribution is 2.45. The molecule has 5 rings (SSSR count). The van der Waals surface area contributed by atoms with E-state index in [1.54, 1.807) is 30.3 Å². The van der Waals surface area contributed by atoms with Crippen LogP contribution in [0.5, 0.6) is 11.5 Å². The van der Waals surface area contributed by atoms with Crippen LogP contribution < -0.4 is 9.47 Å². The molecular formula is C23H19FO4. The Morgan fingerprint density at radius 1 is 0.929 bits per heavy atom. The second-order valence-corrected chi connectivity index (χ2v) is 7.78. The van der Waals surface area contributed by atoms with Crippen molar-refractivity contribution in [1.82, 2.24) is 0 Å². The summed E-state index contributed by atoms with van der Waals surface area (Å²) in [5, 5.41) is 0. The first-order chi connectivity index (χ1) is 13.5. The molecule has 3 aliphatic rings. The molecule has 4 nitrogen and oxygen atoms in total. The number of allylic oxidation sites excluding steroid dienone is 1. The van der Waals surface area contributed by atoms with Gasteiger partial charge in [0, 0.05) is 6.07 Å². The summed E-state index contributed by atoms with van der Waals surface area (Å²) in [5.74, 6) is 0.459. The molecular weight excluding hydrogens is 359 g/mol. The smallest absolute Gasteiger partial charge is 0.231 e. The zero-order valence-electron chi connectivity index (χ0n) is 15.3. The van der Waals surface area contributed by atoms with E-state index in [2.05, 4.69) is 0 Å². The highest BCUT2D eigenvalue weighted by molar-refractivity contribution is 6.16. The SMILES string of the molecule is O=C1CC2(CCCCC2)Oc2cc3c(cc21)C(=O)/C(=C/c1ccc(F)cc1)O3. The minimum absolute atomic E-state index is 0.0229. The molecule has 0 bridgehead atoms. The van der Waals surface area contributed by atoms with Gasteiger partial charge in [-0.25, -0.2) is 4.39 Å². The fourth-order valence-electron chi connectivity index (χ4n) is 4.36. The van der Waals surface area contributed by atoms with E-state index in [1.165, 1.54) is 18.6 Å². The molecule has 0 radical (unpaired) electrons. The molecule has 0 atom stereocenters. The number of carbonyl (C=O) groups excluding carboxylic acids is 2. The van der Waals surface area contributed by atoms with Crippen LogP contribution in [-0.2, 0) is 0 Å². The summed E-state index contributed by atoms with van der Waals surface area (Å²) in [7, 11) is 0. The molecule has 1 fully saturated rings. The third-order valence-electron chi connectivity index (χ3n) is 5.81. The molecule has 1 spiro atoms. The summed E-state index contributed by atoms with van der Waals surface area (Å²) in [6, 6.07) is 9.07. The summed E-state index contributed by atoms with van der Waals surface area (Å²) < 4.78 is 25.1. The van der Waals surface area contributed by atoms with Gasteiger partial charge in [-0.15, -0.1) is 0 Å². The maximum absolute atomic E-state index is 13.1. The Kier molecular flexibility index (Phi) is 3.86. The number of hydrogen-bond donors (Lipinski definition) is 0. The second kappa shape index (κ2) is 6.30. The predicted octanol–water partition coefficient (Wildman–Crippen LogP) is 5.11. The minimum atomic E-state index is -0.411. The summed E-state index contributed by atoms with van der Waals surface area (Å²) in [5.41, 5.74) is 1.07. The monoisotopic (exact) mass is 378 g/mol. The van der Waals surface area contributed by atoms with Crippen LogP contribution in [0.2, 0.25) is 0 Å². The predicted molar refractivity (Wildman–Crippen MR) is 101 cm³/mol. The molecule has 1 saturated carbocycles. The van der Waals surface area contributed by atoms with Gasteiger partial charge in [-0.2, -0.15) is 0 Å². The zero-order valence-corrected chi connectivity index (χ0v) is 15.3. The molecule has 0 saturated heterocycles. The van der Waals surface area contributed by atoms with Crippen molar-refractivity contribution in [3.8, 4) is 11.5 Å². The van der Waals surface area contributed by atoms with Crippen molar-refractivity contribution >= 4 is 17.6 Å². The molecule has 0 aromatic heterocycles. The zero-order chi connectivity index (χ0) is 19.3. The number of hydrogen-bond acceptors (Lipinski definition) is 4. The van der Waals surface area contributed by atoms with E-state index in [-0.39, 0.29) is 23.1 Å². The van der Waals surface area contributed by atoms with Crippen molar-refractivity contribution in [2.45, 2.75) is 44.1 Å². The van der Waals surface area contributed by atoms with Gasteiger partial charge < -0.3 is 9.47 Å². The van der Waals surface area contributed by atoms with E-state index in [1.807, 2.05) is 0 Å². The van der Waals surface area contributed by atoms with Gasteiger partial charge in [0.15, 0.2) is 11.5 Å². The van der Waals surface area contributed by atoms with Crippen LogP contribution in [0, 0.1) is 5.82 Å². The Balaban J connectivity index is 1.49. The summed E-state index contributed by atoms with van der Waals surface area (Å²) >= 11 is 0. The Hall–Kier alpha value is -2.95. The summed E-state index contributed by atoms with van der Waals surface area (Å²) in [6.07, 6.45) is 7.00. The molecule has 2 aliphatic heterocycles. The van der Waals surface area contributed by atoms with Crippen LogP contribution in [-0.4, -0.2) is 17.2 Å². The Bertz CT molecular complexity index is 1010. The third kappa shape index (κ3) is 2.82. The summed E-state index contributed by atoms with van der Waals surface area (Å²) in [4.78, 5) is 25.5. The van der Waals surface area contributed by atoms with Crippen molar-refractivity contribution in [1.29, 1.82) is 0 Å². The van der Waals surface area contributed by atoms with Gasteiger partial charge in [0.05, 0.1) is 17.5 Å². The fraction of sp³-hybridized carbons (Fsp3) is 0.304. The van der Waals surface area contributed by atoms with Crippen LogP contribution in [0.1, 0.15) is 64.8 Å². The number of ether oxygens (including phenoxy) is 2. The van der Waals surface area contributed by atoms with Gasteiger partial charge in [-0.1, -0.05) is 18.6 Å². The molecule has 5 heteroatoms. The van der Waals surface area contributed by atoms with E-state index in [9.17, 15) is 14.0 Å². The van der Waals surface area contributed by atoms with Gasteiger partial charge in [0.2, 0.25) is 5.78 Å². The maximum Gasteiger partial charge on any atom is 0.231 e. The van der Waals surface area contributed by atoms with Crippen LogP contribution >= 0.6 is 0 Å². The minimum Gasteiger partial charge on any atom is -0.486 e. The number of ketones is 2. The van der Waals surface area contributed by atoms with Crippen LogP contribution in [0.25, 0.3) is 6.08 Å². The molecule has 0 N–H and O–H groups in total. The van der Waals surface area contributed by atoms with Gasteiger partial charge in [-0.05, 0) is 55.5 Å². The highest BCUT2D eigenvalue weighted by atomic mass is 19.1. The van der Waals surface area contributed by atoms with Crippen molar-refractivity contribution in [2.75, 3.05) is 0 Å². The average Bonchev–Trinajstić information content (AvgIpc) is 2.98. The van der Waals surface area contributed by atoms with E-state index in [4.69, 9.17) is 9.47 Å². The van der Waals surface area contributed by atoms with E-state index >= 15 is 0 Å². The number of Topliss-reactive ketones (excluding diaryl/α,β-unsaturated/α-hetero) is 2. The van der Waals surface area contributed by atoms with Crippen molar-refractivity contribution < 1.29 is 23.5 Å². The fourth-order valence-corrected chi connectivity index (χ4v) is 4.36. The first-order valence-corrected chi connectivity index (χ1v) is 9.63. The lowest BCUT2D eigenvalue weighted by atomic mass is 9.78. The molecule has 142 valence electrons. The van der Waals surface area contributed by atoms with E-state index in [0.29, 0.717) is 34.6 Å². The van der Waals surface area contributed by atoms with Gasteiger partial charge in [-0.3, -0.25) is 9.59 Å². The molecule has 2 heterocycles. The molecule has 2 aromatic carbocycles. The quantitative estimate of drug-likeness (QED) is 0.647. The Labute approximate surface area is 162 Å². The van der Waals surface area contributed by atoms with Gasteiger partial charge in [0.1, 0.15) is 22.9 Å². The van der Waals surface area contributed by atoms with Gasteiger partial charge >= 0.3 is 0 Å². The normalized spacial score (nSPS) is 21.2. The molecule has 0 amide bonds. The lowest BCUT2D eigenvalue weighted by Gasteiger charge is -2.40. The highest BCUT2D eigenvalue weighted by Gasteiger charge is 2.43. The largest absolute Gasteiger partial charge is 0.486 e. The van der Waals surface area contributed by atoms with Crippen molar-refractivity contribution in [3.63, 3.8) is 0 Å². The molecule has 28 heavy (non-hydrogen) atoms. The number of carbonyl (C=O) groups is 2. The first-order valence-electron chi connectivity index (χ1n) is 9.63. The topological polar surface area (TPSA) is 52.6 Å². The first kappa shape index (κ1) is 17.2. The Morgan fingerprint density at radius 3 is 2.43 bits per heavy atom. The van der Waals surface area contributed by atoms with Crippen molar-refractivity contribution in [3.05, 3.63) is 64.7 Å². The lowest BCUT2D eigenvalue weighted by molar-refractivity contribution is 0.0135. The van der Waals surface area contributed by atoms with Gasteiger partial charge in [0.25, 0.3) is 0 Å². The third-order valence-corrected chi connectivity index (χ3v) is 5.81. The van der Waals surface area contributed by atoms with E-state index in [0.717, 1.165) is 25.7 Å². The lowest BCUT2D eigenvalue weighted by Crippen LogP contribution is -2.43. The average molecular weight is 378 g/mol. The van der Waals surface area contributed by atoms with Crippen molar-refractivity contribution in [2.24, 2.45) is 0 Å². The molecule has 2 aromatic rings. The van der Waals surface area contributed by atoms with Crippen LogP contribution in [0.4, 0.5) is 4.39 Å². The maximum atomic E-state index is 13.1.